The predicted octanol–water partition coefficient (Wildman–Crippen LogP) is 3.92. The number of hydrogen-bond donors (Lipinski definition) is 2. The van der Waals surface area contributed by atoms with Crippen LogP contribution in [-0.2, 0) is 12.0 Å². The summed E-state index contributed by atoms with van der Waals surface area (Å²) in [4.78, 5) is 0. The van der Waals surface area contributed by atoms with E-state index in [4.69, 9.17) is 0 Å². The molecule has 1 aliphatic rings. The van der Waals surface area contributed by atoms with Crippen molar-refractivity contribution in [3.05, 3.63) is 17.5 Å². The highest BCUT2D eigenvalue weighted by atomic mass is 19.4. The minimum absolute atomic E-state index is 0.0124. The molecule has 1 saturated carbocycles. The summed E-state index contributed by atoms with van der Waals surface area (Å²) < 4.78 is 37.9. The molecular formula is C15H24F3N3. The highest BCUT2D eigenvalue weighted by molar-refractivity contribution is 5.23. The first kappa shape index (κ1) is 16.3. The highest BCUT2D eigenvalue weighted by Gasteiger charge is 2.41. The van der Waals surface area contributed by atoms with Crippen LogP contribution in [0.25, 0.3) is 0 Å². The molecule has 0 aliphatic heterocycles. The fourth-order valence-electron chi connectivity index (χ4n) is 2.97. The van der Waals surface area contributed by atoms with E-state index in [1.54, 1.807) is 6.20 Å². The van der Waals surface area contributed by atoms with Gasteiger partial charge in [-0.3, -0.25) is 5.10 Å². The number of nitrogens with zero attached hydrogens (tertiary/aromatic N) is 1. The molecule has 0 saturated heterocycles. The molecule has 0 amide bonds. The molecule has 2 rings (SSSR count). The van der Waals surface area contributed by atoms with Gasteiger partial charge in [0.15, 0.2) is 0 Å². The summed E-state index contributed by atoms with van der Waals surface area (Å²) in [6, 6.07) is 0.173. The fraction of sp³-hybridized carbons (Fsp3) is 0.800. The molecule has 0 spiro atoms. The number of halogens is 3. The zero-order valence-corrected chi connectivity index (χ0v) is 12.8. The van der Waals surface area contributed by atoms with Gasteiger partial charge in [-0.1, -0.05) is 20.8 Å². The van der Waals surface area contributed by atoms with Crippen LogP contribution in [0.15, 0.2) is 6.20 Å². The molecule has 2 N–H and O–H groups in total. The van der Waals surface area contributed by atoms with Crippen LogP contribution in [0.4, 0.5) is 13.2 Å². The summed E-state index contributed by atoms with van der Waals surface area (Å²) in [6.45, 7) is 6.99. The topological polar surface area (TPSA) is 40.7 Å². The molecule has 0 aromatic carbocycles. The summed E-state index contributed by atoms with van der Waals surface area (Å²) in [5.74, 6) is -1.12. The second-order valence-corrected chi connectivity index (χ2v) is 6.99. The Balaban J connectivity index is 1.85. The fourth-order valence-corrected chi connectivity index (χ4v) is 2.97. The molecule has 21 heavy (non-hydrogen) atoms. The molecular weight excluding hydrogens is 279 g/mol. The molecule has 0 radical (unpaired) electrons. The van der Waals surface area contributed by atoms with Gasteiger partial charge in [0, 0.05) is 29.3 Å². The minimum atomic E-state index is -4.03. The maximum absolute atomic E-state index is 12.6. The highest BCUT2D eigenvalue weighted by Crippen LogP contribution is 2.37. The Morgan fingerprint density at radius 2 is 1.81 bits per heavy atom. The number of aromatic nitrogens is 2. The van der Waals surface area contributed by atoms with Crippen LogP contribution in [-0.4, -0.2) is 22.4 Å². The molecule has 1 aromatic rings. The van der Waals surface area contributed by atoms with Gasteiger partial charge in [0.25, 0.3) is 0 Å². The number of alkyl halides is 3. The second-order valence-electron chi connectivity index (χ2n) is 6.99. The van der Waals surface area contributed by atoms with Gasteiger partial charge in [-0.2, -0.15) is 18.3 Å². The van der Waals surface area contributed by atoms with Crippen molar-refractivity contribution in [2.75, 3.05) is 0 Å². The van der Waals surface area contributed by atoms with Gasteiger partial charge < -0.3 is 5.32 Å². The van der Waals surface area contributed by atoms with E-state index in [9.17, 15) is 13.2 Å². The monoisotopic (exact) mass is 303 g/mol. The summed E-state index contributed by atoms with van der Waals surface area (Å²) in [6.07, 6.45) is -0.582. The number of nitrogens with one attached hydrogen (secondary N) is 2. The Morgan fingerprint density at radius 1 is 1.19 bits per heavy atom. The smallest absolute Gasteiger partial charge is 0.310 e. The van der Waals surface area contributed by atoms with Crippen molar-refractivity contribution in [3.63, 3.8) is 0 Å². The normalized spacial score (nSPS) is 24.3. The average Bonchev–Trinajstić information content (AvgIpc) is 2.84. The zero-order chi connectivity index (χ0) is 15.7. The van der Waals surface area contributed by atoms with Crippen LogP contribution >= 0.6 is 0 Å². The summed E-state index contributed by atoms with van der Waals surface area (Å²) in [5.41, 5.74) is 2.17. The van der Waals surface area contributed by atoms with Gasteiger partial charge >= 0.3 is 6.18 Å². The van der Waals surface area contributed by atoms with E-state index in [1.807, 2.05) is 0 Å². The third-order valence-corrected chi connectivity index (χ3v) is 4.24. The largest absolute Gasteiger partial charge is 0.391 e. The Morgan fingerprint density at radius 3 is 2.33 bits per heavy atom. The van der Waals surface area contributed by atoms with E-state index < -0.39 is 12.1 Å². The number of aromatic amines is 1. The lowest BCUT2D eigenvalue weighted by Gasteiger charge is -2.30. The average molecular weight is 303 g/mol. The Labute approximate surface area is 123 Å². The minimum Gasteiger partial charge on any atom is -0.310 e. The Kier molecular flexibility index (Phi) is 4.66. The third-order valence-electron chi connectivity index (χ3n) is 4.24. The molecule has 1 aliphatic carbocycles. The van der Waals surface area contributed by atoms with E-state index in [2.05, 4.69) is 36.3 Å². The zero-order valence-electron chi connectivity index (χ0n) is 12.8. The van der Waals surface area contributed by atoms with E-state index in [-0.39, 0.29) is 24.3 Å². The van der Waals surface area contributed by atoms with Gasteiger partial charge in [-0.15, -0.1) is 0 Å². The van der Waals surface area contributed by atoms with Crippen LogP contribution in [0.2, 0.25) is 0 Å². The van der Waals surface area contributed by atoms with Crippen LogP contribution < -0.4 is 5.32 Å². The van der Waals surface area contributed by atoms with Crippen LogP contribution in [0.5, 0.6) is 0 Å². The molecule has 1 fully saturated rings. The van der Waals surface area contributed by atoms with E-state index in [0.717, 1.165) is 11.3 Å². The van der Waals surface area contributed by atoms with Crippen LogP contribution in [0.3, 0.4) is 0 Å². The molecule has 120 valence electrons. The first-order chi connectivity index (χ1) is 9.68. The SMILES string of the molecule is CC(C)(C)c1[nH]ncc1CNC1CCC(C(F)(F)F)CC1. The quantitative estimate of drug-likeness (QED) is 0.888. The third kappa shape index (κ3) is 4.22. The van der Waals surface area contributed by atoms with Crippen molar-refractivity contribution in [1.82, 2.24) is 15.5 Å². The van der Waals surface area contributed by atoms with Crippen molar-refractivity contribution in [2.24, 2.45) is 5.92 Å². The Bertz CT molecular complexity index is 451. The molecule has 0 unspecified atom stereocenters. The van der Waals surface area contributed by atoms with Crippen molar-refractivity contribution < 1.29 is 13.2 Å². The lowest BCUT2D eigenvalue weighted by Crippen LogP contribution is -2.36. The maximum atomic E-state index is 12.6. The molecule has 1 heterocycles. The van der Waals surface area contributed by atoms with Crippen molar-refractivity contribution >= 4 is 0 Å². The molecule has 0 atom stereocenters. The van der Waals surface area contributed by atoms with Gasteiger partial charge in [-0.25, -0.2) is 0 Å². The number of rotatable bonds is 3. The van der Waals surface area contributed by atoms with E-state index >= 15 is 0 Å². The summed E-state index contributed by atoms with van der Waals surface area (Å²) in [5, 5.41) is 10.5. The Hall–Kier alpha value is -1.04. The van der Waals surface area contributed by atoms with Gasteiger partial charge in [-0.05, 0) is 25.7 Å². The molecule has 1 aromatic heterocycles. The lowest BCUT2D eigenvalue weighted by molar-refractivity contribution is -0.182. The summed E-state index contributed by atoms with van der Waals surface area (Å²) >= 11 is 0. The van der Waals surface area contributed by atoms with Gasteiger partial charge in [0.05, 0.1) is 12.1 Å². The van der Waals surface area contributed by atoms with Crippen molar-refractivity contribution in [2.45, 2.75) is 70.6 Å². The lowest BCUT2D eigenvalue weighted by atomic mass is 9.85. The first-order valence-corrected chi connectivity index (χ1v) is 7.50. The van der Waals surface area contributed by atoms with E-state index in [0.29, 0.717) is 19.4 Å². The van der Waals surface area contributed by atoms with Crippen LogP contribution in [0.1, 0.15) is 57.7 Å². The van der Waals surface area contributed by atoms with Gasteiger partial charge in [0.2, 0.25) is 0 Å². The maximum Gasteiger partial charge on any atom is 0.391 e. The van der Waals surface area contributed by atoms with Crippen molar-refractivity contribution in [3.8, 4) is 0 Å². The standard InChI is InChI=1S/C15H24F3N3/c1-14(2,3)13-10(9-20-21-13)8-19-12-6-4-11(5-7-12)15(16,17)18/h9,11-12,19H,4-8H2,1-3H3,(H,20,21). The summed E-state index contributed by atoms with van der Waals surface area (Å²) in [7, 11) is 0. The van der Waals surface area contributed by atoms with Gasteiger partial charge in [0.1, 0.15) is 0 Å². The number of hydrogen-bond acceptors (Lipinski definition) is 2. The first-order valence-electron chi connectivity index (χ1n) is 7.50. The van der Waals surface area contributed by atoms with Crippen molar-refractivity contribution in [1.29, 1.82) is 0 Å². The number of H-pyrrole nitrogens is 1. The van der Waals surface area contributed by atoms with Crippen LogP contribution in [0, 0.1) is 5.92 Å². The second kappa shape index (κ2) is 5.99. The molecule has 3 nitrogen and oxygen atoms in total. The van der Waals surface area contributed by atoms with E-state index in [1.165, 1.54) is 0 Å². The molecule has 0 bridgehead atoms. The predicted molar refractivity (Wildman–Crippen MR) is 75.9 cm³/mol. The molecule has 6 heteroatoms.